The van der Waals surface area contributed by atoms with Gasteiger partial charge in [0, 0.05) is 17.3 Å². The second kappa shape index (κ2) is 4.51. The van der Waals surface area contributed by atoms with Crippen LogP contribution in [0.2, 0.25) is 5.02 Å². The zero-order valence-corrected chi connectivity index (χ0v) is 11.0. The summed E-state index contributed by atoms with van der Waals surface area (Å²) < 4.78 is 1.91. The van der Waals surface area contributed by atoms with Crippen LogP contribution in [-0.4, -0.2) is 9.78 Å². The highest BCUT2D eigenvalue weighted by Crippen LogP contribution is 2.22. The molecule has 0 saturated heterocycles. The Bertz CT molecular complexity index is 558. The van der Waals surface area contributed by atoms with E-state index in [-0.39, 0.29) is 0 Å². The molecule has 1 aromatic heterocycles. The molecule has 2 N–H and O–H groups in total. The zero-order valence-electron chi connectivity index (χ0n) is 10.3. The van der Waals surface area contributed by atoms with Gasteiger partial charge in [0.25, 0.3) is 0 Å². The van der Waals surface area contributed by atoms with Crippen molar-refractivity contribution < 1.29 is 0 Å². The number of aromatic nitrogens is 2. The van der Waals surface area contributed by atoms with Crippen LogP contribution in [-0.2, 0) is 6.54 Å². The largest absolute Gasteiger partial charge is 0.326 e. The number of hydrogen-bond donors (Lipinski definition) is 1. The van der Waals surface area contributed by atoms with E-state index in [9.17, 15) is 0 Å². The monoisotopic (exact) mass is 249 g/mol. The average Bonchev–Trinajstić information content (AvgIpc) is 2.57. The van der Waals surface area contributed by atoms with E-state index in [1.807, 2.05) is 29.8 Å². The first-order chi connectivity index (χ1) is 8.04. The van der Waals surface area contributed by atoms with E-state index in [0.717, 1.165) is 22.6 Å². The summed E-state index contributed by atoms with van der Waals surface area (Å²) in [6.07, 6.45) is 0. The zero-order chi connectivity index (χ0) is 12.6. The van der Waals surface area contributed by atoms with Crippen molar-refractivity contribution in [1.82, 2.24) is 9.78 Å². The minimum atomic E-state index is 0.454. The molecule has 0 saturated carbocycles. The maximum absolute atomic E-state index is 6.16. The van der Waals surface area contributed by atoms with Gasteiger partial charge >= 0.3 is 0 Å². The Hall–Kier alpha value is -1.32. The second-order valence-electron chi connectivity index (χ2n) is 4.19. The normalized spacial score (nSPS) is 10.9. The van der Waals surface area contributed by atoms with Crippen molar-refractivity contribution in [3.05, 3.63) is 45.7 Å². The highest BCUT2D eigenvalue weighted by Gasteiger charge is 2.10. The van der Waals surface area contributed by atoms with Crippen molar-refractivity contribution in [3.63, 3.8) is 0 Å². The third-order valence-electron chi connectivity index (χ3n) is 3.15. The fraction of sp³-hybridized carbons (Fsp3) is 0.308. The van der Waals surface area contributed by atoms with Gasteiger partial charge in [-0.05, 0) is 44.0 Å². The lowest BCUT2D eigenvalue weighted by molar-refractivity contribution is 0.832. The van der Waals surface area contributed by atoms with Crippen molar-refractivity contribution in [2.75, 3.05) is 0 Å². The molecule has 0 aliphatic rings. The van der Waals surface area contributed by atoms with Crippen LogP contribution in [0.1, 0.15) is 22.5 Å². The number of halogens is 1. The summed E-state index contributed by atoms with van der Waals surface area (Å²) in [7, 11) is 0. The molecule has 0 unspecified atom stereocenters. The number of hydrogen-bond acceptors (Lipinski definition) is 2. The van der Waals surface area contributed by atoms with Crippen LogP contribution < -0.4 is 5.73 Å². The molecule has 3 nitrogen and oxygen atoms in total. The first-order valence-electron chi connectivity index (χ1n) is 5.56. The Morgan fingerprint density at radius 3 is 2.47 bits per heavy atom. The van der Waals surface area contributed by atoms with E-state index in [2.05, 4.69) is 18.9 Å². The first kappa shape index (κ1) is 12.1. The van der Waals surface area contributed by atoms with Crippen LogP contribution in [0, 0.1) is 20.8 Å². The molecule has 17 heavy (non-hydrogen) atoms. The predicted octanol–water partition coefficient (Wildman–Crippen LogP) is 2.91. The maximum Gasteiger partial charge on any atom is 0.0663 e. The van der Waals surface area contributed by atoms with Crippen molar-refractivity contribution >= 4 is 11.6 Å². The molecule has 2 aromatic rings. The molecular formula is C13H16ClN3. The lowest BCUT2D eigenvalue weighted by atomic mass is 10.2. The van der Waals surface area contributed by atoms with Gasteiger partial charge in [-0.2, -0.15) is 5.10 Å². The van der Waals surface area contributed by atoms with E-state index in [1.165, 1.54) is 5.56 Å². The third kappa shape index (κ3) is 2.08. The number of nitrogens with two attached hydrogens (primary N) is 1. The molecule has 0 bridgehead atoms. The Labute approximate surface area is 106 Å². The summed E-state index contributed by atoms with van der Waals surface area (Å²) >= 11 is 6.16. The fourth-order valence-electron chi connectivity index (χ4n) is 1.81. The summed E-state index contributed by atoms with van der Waals surface area (Å²) in [6.45, 7) is 6.59. The maximum atomic E-state index is 6.16. The second-order valence-corrected chi connectivity index (χ2v) is 4.59. The highest BCUT2D eigenvalue weighted by molar-refractivity contribution is 6.31. The van der Waals surface area contributed by atoms with Crippen molar-refractivity contribution in [2.45, 2.75) is 27.3 Å². The van der Waals surface area contributed by atoms with Gasteiger partial charge in [-0.3, -0.25) is 0 Å². The van der Waals surface area contributed by atoms with Gasteiger partial charge < -0.3 is 5.73 Å². The van der Waals surface area contributed by atoms with Crippen molar-refractivity contribution in [3.8, 4) is 5.69 Å². The molecule has 0 spiro atoms. The molecule has 0 atom stereocenters. The van der Waals surface area contributed by atoms with E-state index in [0.29, 0.717) is 11.6 Å². The Balaban J connectivity index is 2.53. The number of benzene rings is 1. The van der Waals surface area contributed by atoms with Crippen molar-refractivity contribution in [1.29, 1.82) is 0 Å². The van der Waals surface area contributed by atoms with Gasteiger partial charge in [0.2, 0.25) is 0 Å². The first-order valence-corrected chi connectivity index (χ1v) is 5.94. The summed E-state index contributed by atoms with van der Waals surface area (Å²) in [5.74, 6) is 0. The summed E-state index contributed by atoms with van der Waals surface area (Å²) in [5.41, 5.74) is 10.9. The van der Waals surface area contributed by atoms with Crippen LogP contribution in [0.5, 0.6) is 0 Å². The fourth-order valence-corrected chi connectivity index (χ4v) is 2.06. The Morgan fingerprint density at radius 1 is 1.29 bits per heavy atom. The third-order valence-corrected chi connectivity index (χ3v) is 3.51. The Morgan fingerprint density at radius 2 is 2.00 bits per heavy atom. The lowest BCUT2D eigenvalue weighted by Crippen LogP contribution is -2.02. The van der Waals surface area contributed by atoms with Gasteiger partial charge in [0.1, 0.15) is 0 Å². The Kier molecular flexibility index (Phi) is 3.22. The van der Waals surface area contributed by atoms with E-state index in [4.69, 9.17) is 17.3 Å². The van der Waals surface area contributed by atoms with Crippen LogP contribution >= 0.6 is 11.6 Å². The molecule has 2 rings (SSSR count). The molecule has 0 radical (unpaired) electrons. The summed E-state index contributed by atoms with van der Waals surface area (Å²) in [5, 5.41) is 5.19. The minimum absolute atomic E-state index is 0.454. The van der Waals surface area contributed by atoms with Gasteiger partial charge in [0.05, 0.1) is 11.4 Å². The molecule has 4 heteroatoms. The average molecular weight is 250 g/mol. The lowest BCUT2D eigenvalue weighted by Gasteiger charge is -2.07. The van der Waals surface area contributed by atoms with Gasteiger partial charge in [0.15, 0.2) is 0 Å². The molecular weight excluding hydrogens is 234 g/mol. The summed E-state index contributed by atoms with van der Waals surface area (Å²) in [4.78, 5) is 0. The SMILES string of the molecule is Cc1nn(-c2ccc(CN)c(Cl)c2)c(C)c1C. The van der Waals surface area contributed by atoms with Crippen molar-refractivity contribution in [2.24, 2.45) is 5.73 Å². The van der Waals surface area contributed by atoms with Gasteiger partial charge in [-0.1, -0.05) is 17.7 Å². The van der Waals surface area contributed by atoms with Crippen LogP contribution in [0.15, 0.2) is 18.2 Å². The van der Waals surface area contributed by atoms with E-state index in [1.54, 1.807) is 0 Å². The van der Waals surface area contributed by atoms with Crippen LogP contribution in [0.3, 0.4) is 0 Å². The van der Waals surface area contributed by atoms with Gasteiger partial charge in [-0.25, -0.2) is 4.68 Å². The number of rotatable bonds is 2. The standard InChI is InChI=1S/C13H16ClN3/c1-8-9(2)16-17(10(8)3)12-5-4-11(7-15)13(14)6-12/h4-6H,7,15H2,1-3H3. The number of aryl methyl sites for hydroxylation is 1. The van der Waals surface area contributed by atoms with Crippen LogP contribution in [0.25, 0.3) is 5.69 Å². The van der Waals surface area contributed by atoms with Crippen LogP contribution in [0.4, 0.5) is 0 Å². The molecule has 1 heterocycles. The quantitative estimate of drug-likeness (QED) is 0.890. The summed E-state index contributed by atoms with van der Waals surface area (Å²) in [6, 6.07) is 5.85. The molecule has 90 valence electrons. The molecule has 0 amide bonds. The van der Waals surface area contributed by atoms with Gasteiger partial charge in [-0.15, -0.1) is 0 Å². The topological polar surface area (TPSA) is 43.8 Å². The molecule has 0 aliphatic carbocycles. The molecule has 1 aromatic carbocycles. The highest BCUT2D eigenvalue weighted by atomic mass is 35.5. The minimum Gasteiger partial charge on any atom is -0.326 e. The van der Waals surface area contributed by atoms with E-state index >= 15 is 0 Å². The predicted molar refractivity (Wildman–Crippen MR) is 70.7 cm³/mol. The number of nitrogens with zero attached hydrogens (tertiary/aromatic N) is 2. The molecule has 0 fully saturated rings. The molecule has 0 aliphatic heterocycles. The van der Waals surface area contributed by atoms with E-state index < -0.39 is 0 Å². The smallest absolute Gasteiger partial charge is 0.0663 e.